The molecule has 18 heavy (non-hydrogen) atoms. The number of hydrogen-bond acceptors (Lipinski definition) is 2. The molecule has 0 bridgehead atoms. The molecule has 0 saturated carbocycles. The van der Waals surface area contributed by atoms with Crippen LogP contribution in [0.4, 0.5) is 0 Å². The maximum absolute atomic E-state index is 3.60. The lowest BCUT2D eigenvalue weighted by Gasteiger charge is -2.26. The van der Waals surface area contributed by atoms with Crippen LogP contribution in [0.15, 0.2) is 44.7 Å². The van der Waals surface area contributed by atoms with E-state index in [0.29, 0.717) is 0 Å². The molecular weight excluding hydrogens is 374 g/mol. The fourth-order valence-electron chi connectivity index (χ4n) is 1.74. The van der Waals surface area contributed by atoms with Gasteiger partial charge in [-0.25, -0.2) is 0 Å². The second-order valence-corrected chi connectivity index (χ2v) is 7.99. The van der Waals surface area contributed by atoms with Gasteiger partial charge in [-0.15, -0.1) is 11.3 Å². The highest BCUT2D eigenvalue weighted by Gasteiger charge is 2.19. The van der Waals surface area contributed by atoms with Gasteiger partial charge >= 0.3 is 0 Å². The molecule has 0 radical (unpaired) electrons. The van der Waals surface area contributed by atoms with Crippen LogP contribution in [0.25, 0.3) is 0 Å². The van der Waals surface area contributed by atoms with Gasteiger partial charge in [0.25, 0.3) is 0 Å². The average molecular weight is 389 g/mol. The number of benzene rings is 1. The second-order valence-electron chi connectivity index (χ2n) is 4.68. The maximum atomic E-state index is 3.60. The van der Waals surface area contributed by atoms with E-state index >= 15 is 0 Å². The molecule has 1 nitrogen and oxygen atoms in total. The van der Waals surface area contributed by atoms with Gasteiger partial charge in [0.05, 0.1) is 3.79 Å². The Labute approximate surface area is 129 Å². The highest BCUT2D eigenvalue weighted by Crippen LogP contribution is 2.32. The summed E-state index contributed by atoms with van der Waals surface area (Å²) in [7, 11) is 0. The number of hydrogen-bond donors (Lipinski definition) is 1. The molecule has 1 aromatic heterocycles. The van der Waals surface area contributed by atoms with Gasteiger partial charge in [0.15, 0.2) is 0 Å². The molecule has 0 aliphatic rings. The van der Waals surface area contributed by atoms with Crippen LogP contribution in [0.2, 0.25) is 0 Å². The third kappa shape index (κ3) is 3.44. The fourth-order valence-corrected chi connectivity index (χ4v) is 3.86. The van der Waals surface area contributed by atoms with Crippen molar-refractivity contribution in [3.05, 3.63) is 55.1 Å². The lowest BCUT2D eigenvalue weighted by molar-refractivity contribution is 0.403. The SMILES string of the molecule is CC(C)(NCc1cc(Br)c(Br)s1)c1ccccc1. The minimum Gasteiger partial charge on any atom is -0.303 e. The van der Waals surface area contributed by atoms with Crippen LogP contribution in [-0.2, 0) is 12.1 Å². The minimum absolute atomic E-state index is 0.0236. The molecule has 0 fully saturated rings. The van der Waals surface area contributed by atoms with Crippen LogP contribution in [-0.4, -0.2) is 0 Å². The second kappa shape index (κ2) is 5.87. The van der Waals surface area contributed by atoms with Crippen molar-refractivity contribution in [3.63, 3.8) is 0 Å². The zero-order valence-electron chi connectivity index (χ0n) is 10.3. The third-order valence-corrected chi connectivity index (χ3v) is 6.15. The predicted octanol–water partition coefficient (Wildman–Crippen LogP) is 5.30. The minimum atomic E-state index is -0.0236. The molecule has 0 saturated heterocycles. The molecule has 96 valence electrons. The standard InChI is InChI=1S/C14H15Br2NS/c1-14(2,10-6-4-3-5-7-10)17-9-11-8-12(15)13(16)18-11/h3-8,17H,9H2,1-2H3. The molecular formula is C14H15Br2NS. The highest BCUT2D eigenvalue weighted by molar-refractivity contribution is 9.13. The van der Waals surface area contributed by atoms with Crippen LogP contribution in [0, 0.1) is 0 Å². The molecule has 4 heteroatoms. The van der Waals surface area contributed by atoms with Crippen LogP contribution < -0.4 is 5.32 Å². The Balaban J connectivity index is 2.05. The van der Waals surface area contributed by atoms with Gasteiger partial charge in [-0.2, -0.15) is 0 Å². The molecule has 0 aliphatic carbocycles. The first kappa shape index (κ1) is 14.3. The topological polar surface area (TPSA) is 12.0 Å². The van der Waals surface area contributed by atoms with Gasteiger partial charge < -0.3 is 5.32 Å². The van der Waals surface area contributed by atoms with Gasteiger partial charge in [0.1, 0.15) is 0 Å². The van der Waals surface area contributed by atoms with E-state index in [1.54, 1.807) is 11.3 Å². The summed E-state index contributed by atoms with van der Waals surface area (Å²) in [6.45, 7) is 5.29. The highest BCUT2D eigenvalue weighted by atomic mass is 79.9. The van der Waals surface area contributed by atoms with Crippen LogP contribution >= 0.6 is 43.2 Å². The summed E-state index contributed by atoms with van der Waals surface area (Å²) >= 11 is 8.80. The van der Waals surface area contributed by atoms with E-state index in [1.165, 1.54) is 10.4 Å². The van der Waals surface area contributed by atoms with Crippen molar-refractivity contribution < 1.29 is 0 Å². The molecule has 1 N–H and O–H groups in total. The Morgan fingerprint density at radius 3 is 2.39 bits per heavy atom. The van der Waals surface area contributed by atoms with Gasteiger partial charge in [0.2, 0.25) is 0 Å². The van der Waals surface area contributed by atoms with E-state index in [4.69, 9.17) is 0 Å². The monoisotopic (exact) mass is 387 g/mol. The van der Waals surface area contributed by atoms with Crippen molar-refractivity contribution in [1.82, 2.24) is 5.32 Å². The lowest BCUT2D eigenvalue weighted by atomic mass is 9.94. The van der Waals surface area contributed by atoms with Crippen molar-refractivity contribution in [2.24, 2.45) is 0 Å². The molecule has 0 aliphatic heterocycles. The van der Waals surface area contributed by atoms with Gasteiger partial charge in [-0.3, -0.25) is 0 Å². The first-order chi connectivity index (χ1) is 8.49. The Hall–Kier alpha value is -0.160. The normalized spacial score (nSPS) is 11.8. The fraction of sp³-hybridized carbons (Fsp3) is 0.286. The third-order valence-electron chi connectivity index (χ3n) is 2.90. The van der Waals surface area contributed by atoms with Gasteiger partial charge in [-0.1, -0.05) is 30.3 Å². The lowest BCUT2D eigenvalue weighted by Crippen LogP contribution is -2.35. The zero-order chi connectivity index (χ0) is 13.2. The molecule has 0 unspecified atom stereocenters. The first-order valence-electron chi connectivity index (χ1n) is 5.73. The Bertz CT molecular complexity index is 500. The van der Waals surface area contributed by atoms with Crippen molar-refractivity contribution in [2.75, 3.05) is 0 Å². The van der Waals surface area contributed by atoms with Crippen LogP contribution in [0.1, 0.15) is 24.3 Å². The predicted molar refractivity (Wildman–Crippen MR) is 86.0 cm³/mol. The van der Waals surface area contributed by atoms with Gasteiger partial charge in [0, 0.05) is 21.4 Å². The summed E-state index contributed by atoms with van der Waals surface area (Å²) in [5.74, 6) is 0. The van der Waals surface area contributed by atoms with Crippen molar-refractivity contribution in [1.29, 1.82) is 0 Å². The van der Waals surface area contributed by atoms with E-state index < -0.39 is 0 Å². The smallest absolute Gasteiger partial charge is 0.0843 e. The van der Waals surface area contributed by atoms with E-state index in [9.17, 15) is 0 Å². The van der Waals surface area contributed by atoms with Crippen molar-refractivity contribution >= 4 is 43.2 Å². The van der Waals surface area contributed by atoms with Crippen LogP contribution in [0.3, 0.4) is 0 Å². The van der Waals surface area contributed by atoms with E-state index in [1.807, 2.05) is 6.07 Å². The van der Waals surface area contributed by atoms with Crippen molar-refractivity contribution in [3.8, 4) is 0 Å². The molecule has 0 atom stereocenters. The van der Waals surface area contributed by atoms with Crippen molar-refractivity contribution in [2.45, 2.75) is 25.9 Å². The largest absolute Gasteiger partial charge is 0.303 e. The molecule has 0 amide bonds. The number of nitrogens with one attached hydrogen (secondary N) is 1. The quantitative estimate of drug-likeness (QED) is 0.749. The van der Waals surface area contributed by atoms with Crippen LogP contribution in [0.5, 0.6) is 0 Å². The number of halogens is 2. The average Bonchev–Trinajstić information content (AvgIpc) is 2.68. The molecule has 0 spiro atoms. The number of rotatable bonds is 4. The van der Waals surface area contributed by atoms with E-state index in [-0.39, 0.29) is 5.54 Å². The number of thiophene rings is 1. The summed E-state index contributed by atoms with van der Waals surface area (Å²) in [4.78, 5) is 1.32. The van der Waals surface area contributed by atoms with E-state index in [2.05, 4.69) is 81.4 Å². The Kier molecular flexibility index (Phi) is 4.64. The Morgan fingerprint density at radius 2 is 1.83 bits per heavy atom. The zero-order valence-corrected chi connectivity index (χ0v) is 14.3. The summed E-state index contributed by atoms with van der Waals surface area (Å²) in [6.07, 6.45) is 0. The molecule has 1 aromatic carbocycles. The summed E-state index contributed by atoms with van der Waals surface area (Å²) in [5, 5.41) is 3.60. The molecule has 1 heterocycles. The first-order valence-corrected chi connectivity index (χ1v) is 8.13. The summed E-state index contributed by atoms with van der Waals surface area (Å²) in [6, 6.07) is 12.7. The summed E-state index contributed by atoms with van der Waals surface area (Å²) in [5.41, 5.74) is 1.28. The summed E-state index contributed by atoms with van der Waals surface area (Å²) < 4.78 is 2.28. The van der Waals surface area contributed by atoms with Gasteiger partial charge in [-0.05, 0) is 57.3 Å². The van der Waals surface area contributed by atoms with E-state index in [0.717, 1.165) is 14.8 Å². The Morgan fingerprint density at radius 1 is 1.17 bits per heavy atom. The molecule has 2 aromatic rings. The molecule has 2 rings (SSSR count). The maximum Gasteiger partial charge on any atom is 0.0843 e.